The van der Waals surface area contributed by atoms with Crippen molar-refractivity contribution in [1.29, 1.82) is 5.26 Å². The van der Waals surface area contributed by atoms with E-state index in [0.717, 1.165) is 30.2 Å². The lowest BCUT2D eigenvalue weighted by Crippen LogP contribution is -2.61. The molecule has 0 N–H and O–H groups in total. The normalized spacial score (nSPS) is 20.9. The van der Waals surface area contributed by atoms with Crippen molar-refractivity contribution in [2.45, 2.75) is 36.2 Å². The molecule has 2 fully saturated rings. The monoisotopic (exact) mass is 657 g/mol. The summed E-state index contributed by atoms with van der Waals surface area (Å²) in [5, 5.41) is 9.92. The number of carbonyl (C=O) groups is 2. The molecule has 3 amide bonds. The molecule has 2 aromatic carbocycles. The van der Waals surface area contributed by atoms with Gasteiger partial charge in [-0.05, 0) is 82.4 Å². The highest BCUT2D eigenvalue weighted by Gasteiger charge is 2.61. The number of anilines is 1. The van der Waals surface area contributed by atoms with E-state index in [9.17, 15) is 18.5 Å². The third kappa shape index (κ3) is 5.50. The summed E-state index contributed by atoms with van der Waals surface area (Å²) in [6.45, 7) is 6.33. The molecule has 0 saturated carbocycles. The van der Waals surface area contributed by atoms with Crippen LogP contribution in [0.3, 0.4) is 0 Å². The van der Waals surface area contributed by atoms with Crippen LogP contribution in [-0.2, 0) is 20.4 Å². The van der Waals surface area contributed by atoms with E-state index < -0.39 is 27.5 Å². The Morgan fingerprint density at radius 3 is 2.38 bits per heavy atom. The van der Waals surface area contributed by atoms with Gasteiger partial charge in [0.1, 0.15) is 0 Å². The summed E-state index contributed by atoms with van der Waals surface area (Å²) < 4.78 is 35.2. The van der Waals surface area contributed by atoms with Crippen molar-refractivity contribution in [3.63, 3.8) is 0 Å². The van der Waals surface area contributed by atoms with Gasteiger partial charge >= 0.3 is 6.03 Å². The Kier molecular flexibility index (Phi) is 8.93. The van der Waals surface area contributed by atoms with Crippen molar-refractivity contribution < 1.29 is 22.7 Å². The molecular weight excluding hydrogens is 618 g/mol. The van der Waals surface area contributed by atoms with Crippen LogP contribution in [0.25, 0.3) is 0 Å². The zero-order chi connectivity index (χ0) is 33.3. The van der Waals surface area contributed by atoms with Crippen LogP contribution < -0.4 is 9.04 Å². The second-order valence-corrected chi connectivity index (χ2v) is 13.9. The molecule has 0 bridgehead atoms. The van der Waals surface area contributed by atoms with Crippen LogP contribution in [0.2, 0.25) is 0 Å². The molecule has 12 nitrogen and oxygen atoms in total. The summed E-state index contributed by atoms with van der Waals surface area (Å²) in [5.41, 5.74) is -1.39. The summed E-state index contributed by atoms with van der Waals surface area (Å²) >= 11 is 0. The van der Waals surface area contributed by atoms with Gasteiger partial charge in [0.05, 0.1) is 34.4 Å². The maximum atomic E-state index is 15.1. The number of nitriles is 1. The van der Waals surface area contributed by atoms with Crippen LogP contribution >= 0.6 is 0 Å². The number of amides is 3. The van der Waals surface area contributed by atoms with Gasteiger partial charge in [-0.25, -0.2) is 18.2 Å². The van der Waals surface area contributed by atoms with Crippen LogP contribution in [0.4, 0.5) is 10.5 Å². The van der Waals surface area contributed by atoms with Gasteiger partial charge in [-0.15, -0.1) is 0 Å². The first-order valence-electron chi connectivity index (χ1n) is 15.9. The lowest BCUT2D eigenvalue weighted by Gasteiger charge is -2.45. The highest BCUT2D eigenvalue weighted by atomic mass is 32.2. The van der Waals surface area contributed by atoms with Crippen LogP contribution in [0.1, 0.15) is 36.5 Å². The fourth-order valence-corrected chi connectivity index (χ4v) is 8.54. The summed E-state index contributed by atoms with van der Waals surface area (Å²) in [6, 6.07) is 17.4. The first-order chi connectivity index (χ1) is 22.6. The molecule has 3 aliphatic heterocycles. The predicted octanol–water partition coefficient (Wildman–Crippen LogP) is 3.09. The van der Waals surface area contributed by atoms with E-state index in [1.165, 1.54) is 48.5 Å². The van der Waals surface area contributed by atoms with E-state index in [4.69, 9.17) is 4.74 Å². The highest BCUT2D eigenvalue weighted by molar-refractivity contribution is 7.93. The third-order valence-corrected chi connectivity index (χ3v) is 11.2. The molecular formula is C34H39N7O5S. The lowest BCUT2D eigenvalue weighted by atomic mass is 9.82. The lowest BCUT2D eigenvalue weighted by molar-refractivity contribution is -0.125. The van der Waals surface area contributed by atoms with Gasteiger partial charge in [-0.3, -0.25) is 9.69 Å². The molecule has 4 heterocycles. The van der Waals surface area contributed by atoms with Gasteiger partial charge in [0, 0.05) is 51.0 Å². The number of pyridine rings is 1. The van der Waals surface area contributed by atoms with E-state index in [2.05, 4.69) is 27.9 Å². The zero-order valence-corrected chi connectivity index (χ0v) is 27.7. The fourth-order valence-electron chi connectivity index (χ4n) is 7.06. The van der Waals surface area contributed by atoms with Crippen molar-refractivity contribution in [1.82, 2.24) is 24.6 Å². The molecule has 3 aliphatic rings. The molecule has 1 aromatic heterocycles. The average Bonchev–Trinajstić information content (AvgIpc) is 3.37. The summed E-state index contributed by atoms with van der Waals surface area (Å²) in [6.07, 6.45) is 3.66. The molecule has 1 atom stereocenters. The molecule has 13 heteroatoms. The highest BCUT2D eigenvalue weighted by Crippen LogP contribution is 2.52. The largest absolute Gasteiger partial charge is 0.478 e. The van der Waals surface area contributed by atoms with Crippen LogP contribution in [0, 0.1) is 11.3 Å². The Bertz CT molecular complexity index is 1800. The second-order valence-electron chi connectivity index (χ2n) is 12.1. The topological polar surface area (TPSA) is 130 Å². The van der Waals surface area contributed by atoms with Crippen molar-refractivity contribution in [3.8, 4) is 11.9 Å². The average molecular weight is 658 g/mol. The number of ether oxygens (including phenoxy) is 1. The number of hydrogen-bond acceptors (Lipinski definition) is 9. The maximum absolute atomic E-state index is 15.1. The predicted molar refractivity (Wildman–Crippen MR) is 175 cm³/mol. The quantitative estimate of drug-likeness (QED) is 0.376. The summed E-state index contributed by atoms with van der Waals surface area (Å²) in [5.74, 6) is -0.802. The number of piperidine rings is 1. The van der Waals surface area contributed by atoms with Crippen LogP contribution in [-0.4, -0.2) is 111 Å². The minimum absolute atomic E-state index is 0.0518. The first kappa shape index (κ1) is 32.4. The van der Waals surface area contributed by atoms with Gasteiger partial charge < -0.3 is 19.4 Å². The number of hydrogen-bond donors (Lipinski definition) is 0. The van der Waals surface area contributed by atoms with E-state index in [-0.39, 0.29) is 39.8 Å². The van der Waals surface area contributed by atoms with Gasteiger partial charge in [-0.1, -0.05) is 18.2 Å². The summed E-state index contributed by atoms with van der Waals surface area (Å²) in [7, 11) is -0.816. The molecule has 6 rings (SSSR count). The minimum Gasteiger partial charge on any atom is -0.478 e. The number of rotatable bonds is 7. The Balaban J connectivity index is 1.46. The number of benzene rings is 2. The van der Waals surface area contributed by atoms with Crippen molar-refractivity contribution in [3.05, 3.63) is 83.6 Å². The number of urea groups is 1. The molecule has 0 radical (unpaired) electrons. The van der Waals surface area contributed by atoms with Gasteiger partial charge in [0.25, 0.3) is 15.9 Å². The van der Waals surface area contributed by atoms with E-state index >= 15 is 4.79 Å². The number of fused-ring (bicyclic) bond motifs is 1. The van der Waals surface area contributed by atoms with Crippen molar-refractivity contribution in [2.24, 2.45) is 0 Å². The molecule has 47 heavy (non-hydrogen) atoms. The van der Waals surface area contributed by atoms with Gasteiger partial charge in [0.15, 0.2) is 5.54 Å². The number of nitrogens with zero attached hydrogens (tertiary/aromatic N) is 7. The number of aromatic nitrogens is 1. The molecule has 2 saturated heterocycles. The molecule has 0 spiro atoms. The molecule has 0 aliphatic carbocycles. The van der Waals surface area contributed by atoms with Crippen molar-refractivity contribution >= 4 is 27.6 Å². The molecule has 3 aromatic rings. The third-order valence-electron chi connectivity index (χ3n) is 9.53. The fraction of sp³-hybridized carbons (Fsp3) is 0.412. The zero-order valence-electron chi connectivity index (χ0n) is 26.9. The Morgan fingerprint density at radius 2 is 1.72 bits per heavy atom. The smallest absolute Gasteiger partial charge is 0.321 e. The Hall–Kier alpha value is -4.51. The van der Waals surface area contributed by atoms with Gasteiger partial charge in [-0.2, -0.15) is 9.57 Å². The standard InChI is InChI=1S/C34H39N7O5S/c1-4-46-31-28(11-8-16-36-31)34(38(3)33(43)40-21-19-39(20-22-40)26-14-17-37(2)18-15-26)29-23-25(24-35)12-13-30(29)41(32(34)42)47(44,45)27-9-6-5-7-10-27/h5-13,16,23,26H,4,14-15,17-22H2,1-3H3. The number of piperazine rings is 1. The van der Waals surface area contributed by atoms with Crippen LogP contribution in [0.15, 0.2) is 71.8 Å². The second kappa shape index (κ2) is 12.9. The van der Waals surface area contributed by atoms with Gasteiger partial charge in [0.2, 0.25) is 5.88 Å². The van der Waals surface area contributed by atoms with Crippen molar-refractivity contribution in [2.75, 3.05) is 64.3 Å². The number of likely N-dealkylation sites (tertiary alicyclic amines) is 1. The number of likely N-dealkylation sites (N-methyl/N-ethyl adjacent to an activating group) is 1. The Morgan fingerprint density at radius 1 is 1.02 bits per heavy atom. The minimum atomic E-state index is -4.45. The van der Waals surface area contributed by atoms with E-state index in [0.29, 0.717) is 32.2 Å². The van der Waals surface area contributed by atoms with E-state index in [1.54, 1.807) is 42.2 Å². The maximum Gasteiger partial charge on any atom is 0.321 e. The molecule has 246 valence electrons. The van der Waals surface area contributed by atoms with E-state index in [1.807, 2.05) is 0 Å². The SMILES string of the molecule is CCOc1ncccc1C1(N(C)C(=O)N2CCN(C3CCN(C)CC3)CC2)C(=O)N(S(=O)(=O)c2ccccc2)c2ccc(C#N)cc21. The molecule has 1 unspecified atom stereocenters. The number of carbonyl (C=O) groups excluding carboxylic acids is 2. The summed E-state index contributed by atoms with van der Waals surface area (Å²) in [4.78, 5) is 41.8. The first-order valence-corrected chi connectivity index (χ1v) is 17.3. The number of sulfonamides is 1. The van der Waals surface area contributed by atoms with Crippen LogP contribution in [0.5, 0.6) is 5.88 Å². The Labute approximate surface area is 275 Å².